The number of benzene rings is 1. The molecule has 1 N–H and O–H groups in total. The molecular formula is C26H26Cl2N7O+. The normalized spacial score (nSPS) is 21.6. The second-order valence-electron chi connectivity index (χ2n) is 9.63. The number of amides is 1. The highest BCUT2D eigenvalue weighted by Gasteiger charge is 2.33. The number of hydrazone groups is 1. The van der Waals surface area contributed by atoms with Crippen LogP contribution >= 0.6 is 23.2 Å². The number of carbonyl (C=O) groups is 1. The van der Waals surface area contributed by atoms with Crippen LogP contribution in [0.3, 0.4) is 0 Å². The van der Waals surface area contributed by atoms with Crippen molar-refractivity contribution in [1.82, 2.24) is 14.9 Å². The number of allylic oxidation sites excluding steroid dienone is 1. The Labute approximate surface area is 219 Å². The van der Waals surface area contributed by atoms with E-state index in [4.69, 9.17) is 23.2 Å². The SMILES string of the molecule is CN1CCCC(/C=[N+]2\C=C(c3cc4c5c(cnc4[nH]3)C(=O)N(c3c(Cl)cccc3Cl)CN5C)C=N2)C1. The molecule has 5 heterocycles. The van der Waals surface area contributed by atoms with Gasteiger partial charge in [0.25, 0.3) is 5.91 Å². The van der Waals surface area contributed by atoms with Crippen molar-refractivity contribution >= 4 is 69.5 Å². The van der Waals surface area contributed by atoms with Gasteiger partial charge < -0.3 is 14.8 Å². The Balaban J connectivity index is 1.34. The van der Waals surface area contributed by atoms with E-state index in [0.29, 0.717) is 33.9 Å². The summed E-state index contributed by atoms with van der Waals surface area (Å²) in [7, 11) is 4.11. The third-order valence-corrected chi connectivity index (χ3v) is 7.60. The van der Waals surface area contributed by atoms with Gasteiger partial charge >= 0.3 is 0 Å². The molecule has 1 saturated heterocycles. The molecule has 0 aliphatic carbocycles. The molecular weight excluding hydrogens is 497 g/mol. The minimum atomic E-state index is -0.185. The minimum Gasteiger partial charge on any atom is -0.355 e. The van der Waals surface area contributed by atoms with Crippen molar-refractivity contribution in [2.75, 3.05) is 43.7 Å². The van der Waals surface area contributed by atoms with Gasteiger partial charge in [0, 0.05) is 25.2 Å². The first-order valence-corrected chi connectivity index (χ1v) is 12.7. The van der Waals surface area contributed by atoms with E-state index in [1.165, 1.54) is 12.8 Å². The number of likely N-dealkylation sites (tertiary alicyclic amines) is 1. The fraction of sp³-hybridized carbons (Fsp3) is 0.308. The van der Waals surface area contributed by atoms with Crippen molar-refractivity contribution in [1.29, 1.82) is 0 Å². The van der Waals surface area contributed by atoms with Crippen molar-refractivity contribution in [3.05, 3.63) is 58.0 Å². The van der Waals surface area contributed by atoms with Crippen molar-refractivity contribution in [2.45, 2.75) is 12.8 Å². The quantitative estimate of drug-likeness (QED) is 0.506. The van der Waals surface area contributed by atoms with Crippen LogP contribution in [0.25, 0.3) is 16.6 Å². The Morgan fingerprint density at radius 2 is 2.00 bits per heavy atom. The second-order valence-corrected chi connectivity index (χ2v) is 10.4. The largest absolute Gasteiger partial charge is 0.355 e. The molecule has 1 aromatic carbocycles. The van der Waals surface area contributed by atoms with E-state index in [9.17, 15) is 4.79 Å². The number of hydrogen-bond donors (Lipinski definition) is 1. The predicted molar refractivity (Wildman–Crippen MR) is 146 cm³/mol. The first-order valence-electron chi connectivity index (χ1n) is 12.0. The maximum Gasteiger partial charge on any atom is 0.263 e. The molecule has 1 unspecified atom stereocenters. The highest BCUT2D eigenvalue weighted by molar-refractivity contribution is 6.40. The molecule has 1 atom stereocenters. The minimum absolute atomic E-state index is 0.185. The molecule has 0 spiro atoms. The van der Waals surface area contributed by atoms with Gasteiger partial charge in [0.2, 0.25) is 6.20 Å². The van der Waals surface area contributed by atoms with Crippen LogP contribution in [0.5, 0.6) is 0 Å². The lowest BCUT2D eigenvalue weighted by molar-refractivity contribution is -0.454. The lowest BCUT2D eigenvalue weighted by Gasteiger charge is -2.36. The Morgan fingerprint density at radius 3 is 2.78 bits per heavy atom. The van der Waals surface area contributed by atoms with Gasteiger partial charge in [-0.1, -0.05) is 34.0 Å². The zero-order valence-electron chi connectivity index (χ0n) is 20.1. The molecule has 0 radical (unpaired) electrons. The van der Waals surface area contributed by atoms with Crippen LogP contribution in [0.4, 0.5) is 11.4 Å². The summed E-state index contributed by atoms with van der Waals surface area (Å²) in [4.78, 5) is 27.5. The van der Waals surface area contributed by atoms with E-state index in [1.54, 1.807) is 29.3 Å². The Bertz CT molecular complexity index is 1450. The highest BCUT2D eigenvalue weighted by Crippen LogP contribution is 2.40. The molecule has 6 rings (SSSR count). The Hall–Kier alpha value is -3.20. The van der Waals surface area contributed by atoms with E-state index in [-0.39, 0.29) is 5.91 Å². The van der Waals surface area contributed by atoms with Gasteiger partial charge in [-0.2, -0.15) is 0 Å². The van der Waals surface area contributed by atoms with Crippen LogP contribution in [0.1, 0.15) is 28.9 Å². The number of H-pyrrole nitrogens is 1. The number of aromatic amines is 1. The van der Waals surface area contributed by atoms with Crippen LogP contribution in [-0.2, 0) is 0 Å². The average Bonchev–Trinajstić information content (AvgIpc) is 3.48. The fourth-order valence-electron chi connectivity index (χ4n) is 5.30. The maximum atomic E-state index is 13.5. The third-order valence-electron chi connectivity index (χ3n) is 6.99. The summed E-state index contributed by atoms with van der Waals surface area (Å²) in [5.41, 5.74) is 4.43. The number of nitrogens with zero attached hydrogens (tertiary/aromatic N) is 6. The molecule has 0 saturated carbocycles. The number of nitrogens with one attached hydrogen (secondary N) is 1. The smallest absolute Gasteiger partial charge is 0.263 e. The van der Waals surface area contributed by atoms with Gasteiger partial charge in [-0.25, -0.2) is 4.98 Å². The van der Waals surface area contributed by atoms with Crippen LogP contribution in [0, 0.1) is 5.92 Å². The number of piperidine rings is 1. The number of para-hydroxylation sites is 1. The van der Waals surface area contributed by atoms with Crippen LogP contribution in [-0.4, -0.2) is 71.7 Å². The van der Waals surface area contributed by atoms with Crippen molar-refractivity contribution in [2.24, 2.45) is 11.0 Å². The molecule has 8 nitrogen and oxygen atoms in total. The van der Waals surface area contributed by atoms with Gasteiger partial charge in [-0.05, 0) is 49.7 Å². The van der Waals surface area contributed by atoms with E-state index < -0.39 is 0 Å². The number of rotatable bonds is 3. The average molecular weight is 523 g/mol. The number of halogens is 2. The standard InChI is InChI=1S/C26H25Cl2N7O/c1-32-8-4-5-16(12-32)13-34-14-17(10-30-34)22-9-18-23-19(11-29-25(18)31-22)26(36)35(15-33(23)2)24-20(27)6-3-7-21(24)28/h3,6-7,9-11,13-14,16H,4-5,8,12,15H2,1-2H3/p+1/b34-13+. The molecule has 1 amide bonds. The fourth-order valence-corrected chi connectivity index (χ4v) is 5.90. The third kappa shape index (κ3) is 3.99. The molecule has 2 aromatic heterocycles. The zero-order chi connectivity index (χ0) is 25.0. The molecule has 3 aliphatic rings. The molecule has 10 heteroatoms. The van der Waals surface area contributed by atoms with Crippen LogP contribution in [0.15, 0.2) is 41.8 Å². The number of aromatic nitrogens is 2. The summed E-state index contributed by atoms with van der Waals surface area (Å²) < 4.78 is 1.91. The number of hydrogen-bond acceptors (Lipinski definition) is 5. The van der Waals surface area contributed by atoms with E-state index in [2.05, 4.69) is 33.2 Å². The van der Waals surface area contributed by atoms with Gasteiger partial charge in [0.1, 0.15) is 11.9 Å². The van der Waals surface area contributed by atoms with Crippen LogP contribution in [0.2, 0.25) is 10.0 Å². The van der Waals surface area contributed by atoms with E-state index in [1.807, 2.05) is 35.1 Å². The first kappa shape index (κ1) is 23.2. The zero-order valence-corrected chi connectivity index (χ0v) is 21.6. The molecule has 3 aromatic rings. The number of carbonyl (C=O) groups excluding carboxylic acids is 1. The Kier molecular flexibility index (Phi) is 5.82. The lowest BCUT2D eigenvalue weighted by atomic mass is 10.00. The van der Waals surface area contributed by atoms with Crippen molar-refractivity contribution < 1.29 is 9.48 Å². The molecule has 0 bridgehead atoms. The summed E-state index contributed by atoms with van der Waals surface area (Å²) in [5, 5.41) is 6.31. The van der Waals surface area contributed by atoms with Gasteiger partial charge in [0.05, 0.1) is 50.8 Å². The summed E-state index contributed by atoms with van der Waals surface area (Å²) in [6.07, 6.45) is 10.1. The number of anilines is 2. The molecule has 36 heavy (non-hydrogen) atoms. The second kappa shape index (κ2) is 9.03. The highest BCUT2D eigenvalue weighted by atomic mass is 35.5. The monoisotopic (exact) mass is 522 g/mol. The predicted octanol–water partition coefficient (Wildman–Crippen LogP) is 4.69. The summed E-state index contributed by atoms with van der Waals surface area (Å²) in [6.45, 7) is 2.52. The topological polar surface area (TPSA) is 70.8 Å². The van der Waals surface area contributed by atoms with Crippen LogP contribution < -0.4 is 9.80 Å². The summed E-state index contributed by atoms with van der Waals surface area (Å²) in [5.74, 6) is 0.303. The first-order chi connectivity index (χ1) is 17.4. The summed E-state index contributed by atoms with van der Waals surface area (Å²) in [6, 6.07) is 7.27. The summed E-state index contributed by atoms with van der Waals surface area (Å²) >= 11 is 12.8. The molecule has 3 aliphatic heterocycles. The van der Waals surface area contributed by atoms with Gasteiger partial charge in [-0.15, -0.1) is 0 Å². The van der Waals surface area contributed by atoms with Gasteiger partial charge in [0.15, 0.2) is 6.21 Å². The van der Waals surface area contributed by atoms with E-state index >= 15 is 0 Å². The Morgan fingerprint density at radius 1 is 1.19 bits per heavy atom. The van der Waals surface area contributed by atoms with Crippen molar-refractivity contribution in [3.63, 3.8) is 0 Å². The molecule has 184 valence electrons. The maximum absolute atomic E-state index is 13.5. The van der Waals surface area contributed by atoms with Gasteiger partial charge in [-0.3, -0.25) is 9.69 Å². The molecule has 1 fully saturated rings. The van der Waals surface area contributed by atoms with Crippen molar-refractivity contribution in [3.8, 4) is 0 Å². The lowest BCUT2D eigenvalue weighted by Crippen LogP contribution is -2.45. The number of pyridine rings is 1. The van der Waals surface area contributed by atoms with E-state index in [0.717, 1.165) is 41.1 Å². The number of fused-ring (bicyclic) bond motifs is 3.